The summed E-state index contributed by atoms with van der Waals surface area (Å²) in [4.78, 5) is 0. The minimum absolute atomic E-state index is 0.0750. The van der Waals surface area contributed by atoms with Crippen molar-refractivity contribution in [2.24, 2.45) is 0 Å². The van der Waals surface area contributed by atoms with Crippen LogP contribution in [-0.2, 0) is 12.6 Å². The molecule has 0 aliphatic heterocycles. The summed E-state index contributed by atoms with van der Waals surface area (Å²) >= 11 is 0. The molecule has 0 atom stereocenters. The van der Waals surface area contributed by atoms with E-state index in [1.165, 1.54) is 12.1 Å². The maximum absolute atomic E-state index is 12.9. The van der Waals surface area contributed by atoms with Crippen molar-refractivity contribution in [3.8, 4) is 11.3 Å². The van der Waals surface area contributed by atoms with Gasteiger partial charge in [-0.25, -0.2) is 0 Å². The van der Waals surface area contributed by atoms with Crippen molar-refractivity contribution < 1.29 is 13.2 Å². The highest BCUT2D eigenvalue weighted by atomic mass is 19.4. The fourth-order valence-electron chi connectivity index (χ4n) is 1.91. The molecular weight excluding hydrogens is 243 g/mol. The Morgan fingerprint density at radius 2 is 1.94 bits per heavy atom. The average Bonchev–Trinajstić information content (AvgIpc) is 2.69. The Hall–Kier alpha value is -1.98. The number of benzene rings is 1. The van der Waals surface area contributed by atoms with Crippen LogP contribution in [0.25, 0.3) is 11.3 Å². The Morgan fingerprint density at radius 3 is 2.56 bits per heavy atom. The molecule has 1 aromatic carbocycles. The quantitative estimate of drug-likeness (QED) is 0.865. The lowest BCUT2D eigenvalue weighted by molar-refractivity contribution is -0.137. The lowest BCUT2D eigenvalue weighted by Gasteiger charge is -2.12. The van der Waals surface area contributed by atoms with Crippen LogP contribution in [0.1, 0.15) is 18.1 Å². The van der Waals surface area contributed by atoms with E-state index in [4.69, 9.17) is 5.73 Å². The van der Waals surface area contributed by atoms with Gasteiger partial charge in [0.1, 0.15) is 5.82 Å². The zero-order chi connectivity index (χ0) is 13.3. The van der Waals surface area contributed by atoms with E-state index in [1.54, 1.807) is 6.07 Å². The summed E-state index contributed by atoms with van der Waals surface area (Å²) in [5, 5.41) is 6.35. The van der Waals surface area contributed by atoms with E-state index in [-0.39, 0.29) is 11.4 Å². The zero-order valence-electron chi connectivity index (χ0n) is 9.67. The Balaban J connectivity index is 2.64. The van der Waals surface area contributed by atoms with Gasteiger partial charge in [-0.2, -0.15) is 18.3 Å². The molecule has 3 nitrogen and oxygen atoms in total. The van der Waals surface area contributed by atoms with Crippen LogP contribution in [-0.4, -0.2) is 10.2 Å². The standard InChI is InChI=1S/C12H12F3N3/c1-2-7-10(17-18-11(7)16)8-5-3-4-6-9(8)12(13,14)15/h3-6H,2H2,1H3,(H3,16,17,18). The number of H-pyrrole nitrogens is 1. The van der Waals surface area contributed by atoms with Crippen LogP contribution in [0.2, 0.25) is 0 Å². The van der Waals surface area contributed by atoms with E-state index in [1.807, 2.05) is 6.92 Å². The zero-order valence-corrected chi connectivity index (χ0v) is 9.67. The van der Waals surface area contributed by atoms with Gasteiger partial charge in [0.05, 0.1) is 11.3 Å². The molecule has 0 unspecified atom stereocenters. The number of anilines is 1. The maximum atomic E-state index is 12.9. The second-order valence-corrected chi connectivity index (χ2v) is 3.86. The van der Waals surface area contributed by atoms with Crippen molar-refractivity contribution >= 4 is 5.82 Å². The third kappa shape index (κ3) is 2.05. The van der Waals surface area contributed by atoms with E-state index in [0.717, 1.165) is 6.07 Å². The molecule has 0 amide bonds. The van der Waals surface area contributed by atoms with E-state index in [0.29, 0.717) is 17.7 Å². The number of aromatic amines is 1. The SMILES string of the molecule is CCc1c(N)n[nH]c1-c1ccccc1C(F)(F)F. The first kappa shape index (κ1) is 12.5. The first-order valence-electron chi connectivity index (χ1n) is 5.44. The number of halogens is 3. The van der Waals surface area contributed by atoms with Crippen molar-refractivity contribution in [1.82, 2.24) is 10.2 Å². The van der Waals surface area contributed by atoms with Gasteiger partial charge in [0, 0.05) is 11.1 Å². The number of nitrogens with one attached hydrogen (secondary N) is 1. The van der Waals surface area contributed by atoms with Crippen LogP contribution >= 0.6 is 0 Å². The van der Waals surface area contributed by atoms with Crippen LogP contribution in [0, 0.1) is 0 Å². The lowest BCUT2D eigenvalue weighted by Crippen LogP contribution is -2.07. The van der Waals surface area contributed by atoms with Crippen molar-refractivity contribution in [3.63, 3.8) is 0 Å². The number of nitrogen functional groups attached to an aromatic ring is 1. The topological polar surface area (TPSA) is 54.7 Å². The second kappa shape index (κ2) is 4.36. The molecule has 0 aliphatic carbocycles. The largest absolute Gasteiger partial charge is 0.417 e. The number of nitrogens with zero attached hydrogens (tertiary/aromatic N) is 1. The molecule has 0 aliphatic rings. The number of hydrogen-bond acceptors (Lipinski definition) is 2. The van der Waals surface area contributed by atoms with Gasteiger partial charge in [-0.1, -0.05) is 25.1 Å². The molecule has 0 radical (unpaired) electrons. The van der Waals surface area contributed by atoms with E-state index >= 15 is 0 Å². The fraction of sp³-hybridized carbons (Fsp3) is 0.250. The summed E-state index contributed by atoms with van der Waals surface area (Å²) in [6, 6.07) is 5.37. The monoisotopic (exact) mass is 255 g/mol. The smallest absolute Gasteiger partial charge is 0.382 e. The van der Waals surface area contributed by atoms with Crippen LogP contribution in [0.3, 0.4) is 0 Å². The minimum Gasteiger partial charge on any atom is -0.382 e. The molecule has 18 heavy (non-hydrogen) atoms. The Labute approximate surface area is 102 Å². The molecule has 0 saturated heterocycles. The van der Waals surface area contributed by atoms with Crippen molar-refractivity contribution in [3.05, 3.63) is 35.4 Å². The van der Waals surface area contributed by atoms with Gasteiger partial charge in [-0.3, -0.25) is 5.10 Å². The molecule has 2 rings (SSSR count). The first-order valence-corrected chi connectivity index (χ1v) is 5.44. The Bertz CT molecular complexity index is 558. The van der Waals surface area contributed by atoms with Gasteiger partial charge < -0.3 is 5.73 Å². The molecular formula is C12H12F3N3. The summed E-state index contributed by atoms with van der Waals surface area (Å²) in [7, 11) is 0. The highest BCUT2D eigenvalue weighted by molar-refractivity contribution is 5.71. The highest BCUT2D eigenvalue weighted by Crippen LogP contribution is 2.38. The van der Waals surface area contributed by atoms with Crippen molar-refractivity contribution in [2.45, 2.75) is 19.5 Å². The predicted molar refractivity (Wildman–Crippen MR) is 62.8 cm³/mol. The van der Waals surface area contributed by atoms with Gasteiger partial charge in [-0.15, -0.1) is 0 Å². The fourth-order valence-corrected chi connectivity index (χ4v) is 1.91. The lowest BCUT2D eigenvalue weighted by atomic mass is 10.00. The molecule has 1 heterocycles. The third-order valence-corrected chi connectivity index (χ3v) is 2.75. The predicted octanol–water partition coefficient (Wildman–Crippen LogP) is 3.24. The van der Waals surface area contributed by atoms with E-state index < -0.39 is 11.7 Å². The molecule has 2 aromatic rings. The van der Waals surface area contributed by atoms with Crippen LogP contribution in [0.4, 0.5) is 19.0 Å². The van der Waals surface area contributed by atoms with Crippen molar-refractivity contribution in [2.75, 3.05) is 5.73 Å². The Morgan fingerprint density at radius 1 is 1.28 bits per heavy atom. The molecule has 0 spiro atoms. The minimum atomic E-state index is -4.40. The molecule has 96 valence electrons. The van der Waals surface area contributed by atoms with Gasteiger partial charge in [0.15, 0.2) is 0 Å². The second-order valence-electron chi connectivity index (χ2n) is 3.86. The van der Waals surface area contributed by atoms with E-state index in [9.17, 15) is 13.2 Å². The number of hydrogen-bond donors (Lipinski definition) is 2. The molecule has 6 heteroatoms. The van der Waals surface area contributed by atoms with Crippen molar-refractivity contribution in [1.29, 1.82) is 0 Å². The number of alkyl halides is 3. The summed E-state index contributed by atoms with van der Waals surface area (Å²) in [6.45, 7) is 1.82. The van der Waals surface area contributed by atoms with Gasteiger partial charge >= 0.3 is 6.18 Å². The highest BCUT2D eigenvalue weighted by Gasteiger charge is 2.34. The van der Waals surface area contributed by atoms with Crippen LogP contribution in [0.15, 0.2) is 24.3 Å². The summed E-state index contributed by atoms with van der Waals surface area (Å²) in [5.74, 6) is 0.240. The van der Waals surface area contributed by atoms with Crippen LogP contribution < -0.4 is 5.73 Å². The number of nitrogens with two attached hydrogens (primary N) is 1. The Kier molecular flexibility index (Phi) is 3.02. The number of aromatic nitrogens is 2. The summed E-state index contributed by atoms with van der Waals surface area (Å²) < 4.78 is 38.7. The molecule has 3 N–H and O–H groups in total. The summed E-state index contributed by atoms with van der Waals surface area (Å²) in [5.41, 5.74) is 5.95. The van der Waals surface area contributed by atoms with E-state index in [2.05, 4.69) is 10.2 Å². The average molecular weight is 255 g/mol. The summed E-state index contributed by atoms with van der Waals surface area (Å²) in [6.07, 6.45) is -3.88. The molecule has 1 aromatic heterocycles. The molecule has 0 fully saturated rings. The van der Waals surface area contributed by atoms with Crippen LogP contribution in [0.5, 0.6) is 0 Å². The molecule has 0 bridgehead atoms. The third-order valence-electron chi connectivity index (χ3n) is 2.75. The van der Waals surface area contributed by atoms with Gasteiger partial charge in [0.25, 0.3) is 0 Å². The van der Waals surface area contributed by atoms with Gasteiger partial charge in [0.2, 0.25) is 0 Å². The first-order chi connectivity index (χ1) is 8.45. The maximum Gasteiger partial charge on any atom is 0.417 e. The molecule has 0 saturated carbocycles. The number of rotatable bonds is 2. The van der Waals surface area contributed by atoms with Gasteiger partial charge in [-0.05, 0) is 12.5 Å². The normalized spacial score (nSPS) is 11.8.